The highest BCUT2D eigenvalue weighted by Gasteiger charge is 2.23. The molecule has 27 heavy (non-hydrogen) atoms. The molecule has 1 heterocycles. The van der Waals surface area contributed by atoms with Crippen molar-refractivity contribution in [2.75, 3.05) is 41.3 Å². The Hall–Kier alpha value is -1.79. The van der Waals surface area contributed by atoms with Crippen LogP contribution in [0.4, 0.5) is 0 Å². The van der Waals surface area contributed by atoms with Crippen LogP contribution < -0.4 is 0 Å². The molecule has 6 heteroatoms. The fourth-order valence-corrected chi connectivity index (χ4v) is 3.60. The molecular weight excluding hydrogens is 364 g/mol. The minimum absolute atomic E-state index is 0.501. The molecule has 1 aliphatic carbocycles. The van der Waals surface area contributed by atoms with Crippen LogP contribution >= 0.6 is 11.8 Å². The topological polar surface area (TPSA) is 46.2 Å². The average Bonchev–Trinajstić information content (AvgIpc) is 2.89. The molecule has 2 aliphatic rings. The van der Waals surface area contributed by atoms with E-state index in [0.717, 1.165) is 47.7 Å². The number of allylic oxidation sites excluding steroid dienone is 4. The Kier molecular flexibility index (Phi) is 8.88. The maximum absolute atomic E-state index is 5.81. The molecule has 5 nitrogen and oxygen atoms in total. The van der Waals surface area contributed by atoms with E-state index in [1.807, 2.05) is 18.6 Å². The second kappa shape index (κ2) is 11.1. The number of rotatable bonds is 6. The predicted octanol–water partition coefficient (Wildman–Crippen LogP) is 5.05. The molecule has 0 N–H and O–H groups in total. The van der Waals surface area contributed by atoms with Crippen LogP contribution in [0.5, 0.6) is 0 Å². The van der Waals surface area contributed by atoms with E-state index >= 15 is 0 Å². The summed E-state index contributed by atoms with van der Waals surface area (Å²) in [5.41, 5.74) is 3.43. The van der Waals surface area contributed by atoms with E-state index in [2.05, 4.69) is 6.08 Å². The van der Waals surface area contributed by atoms with Gasteiger partial charge in [-0.15, -0.1) is 0 Å². The second-order valence-corrected chi connectivity index (χ2v) is 7.07. The number of ether oxygens (including phenoxy) is 5. The van der Waals surface area contributed by atoms with Gasteiger partial charge in [0.05, 0.1) is 34.2 Å². The first-order chi connectivity index (χ1) is 13.2. The van der Waals surface area contributed by atoms with Crippen molar-refractivity contribution < 1.29 is 23.7 Å². The summed E-state index contributed by atoms with van der Waals surface area (Å²) in [5.74, 6) is 2.05. The second-order valence-electron chi connectivity index (χ2n) is 6.26. The average molecular weight is 395 g/mol. The number of fused-ring (bicyclic) bond motifs is 1. The molecular formula is C21H30O5S. The lowest BCUT2D eigenvalue weighted by Gasteiger charge is -2.19. The normalized spacial score (nSPS) is 24.3. The number of hydrogen-bond donors (Lipinski definition) is 0. The van der Waals surface area contributed by atoms with Gasteiger partial charge in [0.1, 0.15) is 5.76 Å². The molecule has 0 spiro atoms. The Labute approximate surface area is 166 Å². The molecule has 0 aromatic carbocycles. The quantitative estimate of drug-likeness (QED) is 0.628. The molecule has 0 saturated carbocycles. The minimum atomic E-state index is 0.501. The third-order valence-corrected chi connectivity index (χ3v) is 5.27. The third kappa shape index (κ3) is 5.59. The summed E-state index contributed by atoms with van der Waals surface area (Å²) in [6.07, 6.45) is 12.5. The molecule has 0 fully saturated rings. The summed E-state index contributed by atoms with van der Waals surface area (Å²) in [6, 6.07) is 0. The van der Waals surface area contributed by atoms with Crippen molar-refractivity contribution in [3.8, 4) is 0 Å². The van der Waals surface area contributed by atoms with Gasteiger partial charge in [0.15, 0.2) is 16.6 Å². The summed E-state index contributed by atoms with van der Waals surface area (Å²) >= 11 is 1.59. The van der Waals surface area contributed by atoms with Crippen molar-refractivity contribution in [1.82, 2.24) is 0 Å². The van der Waals surface area contributed by atoms with E-state index < -0.39 is 0 Å². The van der Waals surface area contributed by atoms with E-state index in [-0.39, 0.29) is 0 Å². The summed E-state index contributed by atoms with van der Waals surface area (Å²) in [4.78, 5) is 0. The summed E-state index contributed by atoms with van der Waals surface area (Å²) in [5, 5.41) is 0.879. The van der Waals surface area contributed by atoms with Crippen LogP contribution in [0.2, 0.25) is 0 Å². The molecule has 0 atom stereocenters. The van der Waals surface area contributed by atoms with Crippen LogP contribution in [-0.4, -0.2) is 41.3 Å². The highest BCUT2D eigenvalue weighted by molar-refractivity contribution is 8.02. The van der Waals surface area contributed by atoms with Crippen LogP contribution in [0, 0.1) is 0 Å². The van der Waals surface area contributed by atoms with Gasteiger partial charge in [-0.1, -0.05) is 17.8 Å². The predicted molar refractivity (Wildman–Crippen MR) is 109 cm³/mol. The lowest BCUT2D eigenvalue weighted by Crippen LogP contribution is -2.09. The van der Waals surface area contributed by atoms with Crippen LogP contribution in [0.1, 0.15) is 32.1 Å². The molecule has 0 radical (unpaired) electrons. The van der Waals surface area contributed by atoms with Gasteiger partial charge in [-0.3, -0.25) is 0 Å². The Morgan fingerprint density at radius 2 is 1.67 bits per heavy atom. The van der Waals surface area contributed by atoms with Crippen molar-refractivity contribution in [3.05, 3.63) is 57.5 Å². The molecule has 0 bridgehead atoms. The first kappa shape index (κ1) is 21.5. The van der Waals surface area contributed by atoms with E-state index in [0.29, 0.717) is 24.5 Å². The van der Waals surface area contributed by atoms with Crippen molar-refractivity contribution in [2.24, 2.45) is 0 Å². The molecule has 0 aromatic heterocycles. The Morgan fingerprint density at radius 1 is 0.926 bits per heavy atom. The van der Waals surface area contributed by atoms with Gasteiger partial charge in [0.2, 0.25) is 0 Å². The standard InChI is InChI=1S/C21H30O5S/c1-22-13-17-9-7-6-8-16-14-26-19(27-5)11-10-15(16)12-18(23-2)21(25-4)20(17)24-3/h10-11,14H,6-9,12-13H2,1-5H3/b20-17-,21-18-. The van der Waals surface area contributed by atoms with Gasteiger partial charge in [-0.25, -0.2) is 0 Å². The highest BCUT2D eigenvalue weighted by Crippen LogP contribution is 2.34. The van der Waals surface area contributed by atoms with Gasteiger partial charge < -0.3 is 23.7 Å². The zero-order valence-electron chi connectivity index (χ0n) is 16.9. The zero-order chi connectivity index (χ0) is 19.6. The molecule has 0 amide bonds. The summed E-state index contributed by atoms with van der Waals surface area (Å²) in [7, 11) is 6.66. The van der Waals surface area contributed by atoms with Crippen molar-refractivity contribution in [2.45, 2.75) is 32.1 Å². The zero-order valence-corrected chi connectivity index (χ0v) is 17.7. The van der Waals surface area contributed by atoms with Crippen molar-refractivity contribution in [3.63, 3.8) is 0 Å². The van der Waals surface area contributed by atoms with Crippen LogP contribution in [-0.2, 0) is 23.7 Å². The number of hydrogen-bond acceptors (Lipinski definition) is 6. The molecule has 0 saturated heterocycles. The molecule has 0 unspecified atom stereocenters. The molecule has 2 rings (SSSR count). The SMILES string of the molecule is COC/C1=C(OC)/C(OC)=C(/OC)CC2=CC=C(SC)OC=C2CCCC1. The lowest BCUT2D eigenvalue weighted by molar-refractivity contribution is 0.170. The van der Waals surface area contributed by atoms with E-state index in [9.17, 15) is 0 Å². The minimum Gasteiger partial charge on any atom is -0.497 e. The number of thioether (sulfide) groups is 1. The Morgan fingerprint density at radius 3 is 2.30 bits per heavy atom. The van der Waals surface area contributed by atoms with E-state index in [4.69, 9.17) is 23.7 Å². The Bertz CT molecular complexity index is 670. The van der Waals surface area contributed by atoms with Crippen molar-refractivity contribution in [1.29, 1.82) is 0 Å². The van der Waals surface area contributed by atoms with Gasteiger partial charge >= 0.3 is 0 Å². The van der Waals surface area contributed by atoms with Gasteiger partial charge in [0, 0.05) is 19.1 Å². The fourth-order valence-electron chi connectivity index (χ4n) is 3.26. The number of methoxy groups -OCH3 is 4. The van der Waals surface area contributed by atoms with Gasteiger partial charge in [0.25, 0.3) is 0 Å². The summed E-state index contributed by atoms with van der Waals surface area (Å²) in [6.45, 7) is 0.501. The van der Waals surface area contributed by atoms with Crippen LogP contribution in [0.25, 0.3) is 0 Å². The highest BCUT2D eigenvalue weighted by atomic mass is 32.2. The maximum Gasteiger partial charge on any atom is 0.199 e. The molecule has 150 valence electrons. The first-order valence-corrected chi connectivity index (χ1v) is 10.3. The van der Waals surface area contributed by atoms with Gasteiger partial charge in [-0.2, -0.15) is 0 Å². The third-order valence-electron chi connectivity index (χ3n) is 4.63. The molecule has 1 aliphatic heterocycles. The smallest absolute Gasteiger partial charge is 0.199 e. The van der Waals surface area contributed by atoms with E-state index in [1.54, 1.807) is 40.2 Å². The fraction of sp³-hybridized carbons (Fsp3) is 0.524. The maximum atomic E-state index is 5.81. The van der Waals surface area contributed by atoms with Crippen molar-refractivity contribution >= 4 is 11.8 Å². The van der Waals surface area contributed by atoms with E-state index in [1.165, 1.54) is 5.57 Å². The summed E-state index contributed by atoms with van der Waals surface area (Å²) < 4.78 is 28.4. The van der Waals surface area contributed by atoms with Gasteiger partial charge in [-0.05, 0) is 49.2 Å². The Balaban J connectivity index is 2.54. The first-order valence-electron chi connectivity index (χ1n) is 9.05. The van der Waals surface area contributed by atoms with Crippen LogP contribution in [0.15, 0.2) is 57.5 Å². The monoisotopic (exact) mass is 394 g/mol. The largest absolute Gasteiger partial charge is 0.497 e. The molecule has 0 aromatic rings. The van der Waals surface area contributed by atoms with Crippen LogP contribution in [0.3, 0.4) is 0 Å². The lowest BCUT2D eigenvalue weighted by atomic mass is 9.97.